The molecule has 3 amide bonds. The number of pyridine rings is 1. The normalized spacial score (nSPS) is 22.0. The molecule has 43 heavy (non-hydrogen) atoms. The maximum Gasteiger partial charge on any atom is 0.251 e. The molecule has 0 unspecified atom stereocenters. The second-order valence-corrected chi connectivity index (χ2v) is 13.0. The summed E-state index contributed by atoms with van der Waals surface area (Å²) < 4.78 is 42.0. The van der Waals surface area contributed by atoms with Gasteiger partial charge in [0.2, 0.25) is 11.8 Å². The lowest BCUT2D eigenvalue weighted by molar-refractivity contribution is -0.128. The van der Waals surface area contributed by atoms with Gasteiger partial charge in [-0.05, 0) is 65.4 Å². The smallest absolute Gasteiger partial charge is 0.251 e. The molecule has 2 heterocycles. The third kappa shape index (κ3) is 6.58. The minimum absolute atomic E-state index is 0.00865. The third-order valence-electron chi connectivity index (χ3n) is 7.18. The van der Waals surface area contributed by atoms with E-state index in [9.17, 15) is 32.8 Å². The molecule has 0 bridgehead atoms. The molecule has 5 rings (SSSR count). The van der Waals surface area contributed by atoms with Gasteiger partial charge < -0.3 is 5.32 Å². The van der Waals surface area contributed by atoms with Gasteiger partial charge in [0.25, 0.3) is 5.91 Å². The van der Waals surface area contributed by atoms with Crippen LogP contribution in [0.15, 0.2) is 54.7 Å². The number of amides is 3. The zero-order valence-corrected chi connectivity index (χ0v) is 25.7. The van der Waals surface area contributed by atoms with E-state index in [4.69, 9.17) is 23.2 Å². The summed E-state index contributed by atoms with van der Waals surface area (Å²) >= 11 is 14.3. The second-order valence-electron chi connectivity index (χ2n) is 10.2. The minimum atomic E-state index is -1.61. The lowest BCUT2D eigenvalue weighted by atomic mass is 9.90. The van der Waals surface area contributed by atoms with Gasteiger partial charge in [0.15, 0.2) is 3.68 Å². The molecule has 8 nitrogen and oxygen atoms in total. The lowest BCUT2D eigenvalue weighted by Gasteiger charge is -2.40. The zero-order valence-electron chi connectivity index (χ0n) is 22.0. The predicted molar refractivity (Wildman–Crippen MR) is 162 cm³/mol. The number of nitriles is 1. The van der Waals surface area contributed by atoms with E-state index in [1.165, 1.54) is 36.5 Å². The van der Waals surface area contributed by atoms with Gasteiger partial charge in [0.1, 0.15) is 29.5 Å². The number of rotatable bonds is 7. The van der Waals surface area contributed by atoms with Gasteiger partial charge in [-0.15, -0.1) is 0 Å². The molecule has 1 aromatic heterocycles. The number of carbonyl (C=O) groups excluding carboxylic acids is 3. The van der Waals surface area contributed by atoms with Crippen molar-refractivity contribution in [1.29, 1.82) is 5.26 Å². The van der Waals surface area contributed by atoms with Gasteiger partial charge in [0, 0.05) is 53.2 Å². The number of nitrogens with one attached hydrogen (secondary N) is 1. The Hall–Kier alpha value is -3.41. The number of halogens is 6. The highest BCUT2D eigenvalue weighted by molar-refractivity contribution is 14.1. The van der Waals surface area contributed by atoms with E-state index in [-0.39, 0.29) is 58.4 Å². The van der Waals surface area contributed by atoms with E-state index >= 15 is 0 Å². The summed E-state index contributed by atoms with van der Waals surface area (Å²) in [4.78, 5) is 47.6. The van der Waals surface area contributed by atoms with E-state index in [2.05, 4.69) is 10.3 Å². The first kappa shape index (κ1) is 31.0. The Kier molecular flexibility index (Phi) is 8.87. The summed E-state index contributed by atoms with van der Waals surface area (Å²) in [6.45, 7) is 0. The van der Waals surface area contributed by atoms with Crippen LogP contribution < -0.4 is 15.1 Å². The SMILES string of the molecule is N#Cc1ccnc(N2C(=O)CC[C@H]2C(=O)N(c2cc(F)cc(F)c2)[C@H](C(=O)NC2CC(F)(I)C2)c2ccc(Cl)cc2Cl)c1. The highest BCUT2D eigenvalue weighted by Gasteiger charge is 2.47. The van der Waals surface area contributed by atoms with Crippen LogP contribution in [0.4, 0.5) is 24.7 Å². The number of carbonyl (C=O) groups is 3. The Morgan fingerprint density at radius 2 is 1.84 bits per heavy atom. The molecule has 3 aromatic rings. The number of hydrogen-bond donors (Lipinski definition) is 1. The quantitative estimate of drug-likeness (QED) is 0.230. The van der Waals surface area contributed by atoms with E-state index < -0.39 is 51.2 Å². The van der Waals surface area contributed by atoms with E-state index in [1.807, 2.05) is 6.07 Å². The Bertz CT molecular complexity index is 1640. The van der Waals surface area contributed by atoms with Gasteiger partial charge in [-0.1, -0.05) is 29.3 Å². The molecule has 0 spiro atoms. The number of anilines is 2. The molecule has 222 valence electrons. The molecule has 14 heteroatoms. The molecule has 2 fully saturated rings. The standard InChI is InChI=1S/C29H21Cl2F3IN5O3/c30-16-1-2-21(22(31)8-16)26(27(42)38-19-12-29(34,35)13-19)39(20-10-17(32)9-18(33)11-20)28(43)23-3-4-25(41)40(23)24-7-15(14-36)5-6-37-24/h1-2,5-11,19,23,26H,3-4,12-13H2,(H,38,42)/t19?,23-,26-,29?/m0/s1. The number of aromatic nitrogens is 1. The van der Waals surface area contributed by atoms with Gasteiger partial charge >= 0.3 is 0 Å². The summed E-state index contributed by atoms with van der Waals surface area (Å²) in [7, 11) is 0. The van der Waals surface area contributed by atoms with Crippen LogP contribution in [0.3, 0.4) is 0 Å². The second kappa shape index (κ2) is 12.3. The van der Waals surface area contributed by atoms with Crippen LogP contribution in [-0.4, -0.2) is 38.5 Å². The molecule has 1 saturated heterocycles. The monoisotopic (exact) mass is 741 g/mol. The van der Waals surface area contributed by atoms with Crippen LogP contribution >= 0.6 is 45.8 Å². The van der Waals surface area contributed by atoms with Gasteiger partial charge in [-0.3, -0.25) is 24.2 Å². The molecule has 2 aromatic carbocycles. The topological polar surface area (TPSA) is 106 Å². The van der Waals surface area contributed by atoms with Crippen LogP contribution in [-0.2, 0) is 14.4 Å². The molecule has 1 N–H and O–H groups in total. The van der Waals surface area contributed by atoms with Crippen molar-refractivity contribution in [1.82, 2.24) is 10.3 Å². The van der Waals surface area contributed by atoms with Crippen LogP contribution in [0.25, 0.3) is 0 Å². The average molecular weight is 742 g/mol. The molecule has 2 aliphatic rings. The minimum Gasteiger partial charge on any atom is -0.351 e. The number of hydrogen-bond acceptors (Lipinski definition) is 5. The summed E-state index contributed by atoms with van der Waals surface area (Å²) in [6.07, 6.45) is 1.23. The van der Waals surface area contributed by atoms with Crippen LogP contribution in [0.1, 0.15) is 42.9 Å². The Balaban J connectivity index is 1.64. The fourth-order valence-corrected chi connectivity index (χ4v) is 6.81. The first-order valence-corrected chi connectivity index (χ1v) is 14.8. The number of benzene rings is 2. The molecular weight excluding hydrogens is 721 g/mol. The molecule has 1 saturated carbocycles. The Morgan fingerprint density at radius 1 is 1.14 bits per heavy atom. The van der Waals surface area contributed by atoms with E-state index in [0.717, 1.165) is 21.9 Å². The summed E-state index contributed by atoms with van der Waals surface area (Å²) in [5.41, 5.74) is -0.0683. The van der Waals surface area contributed by atoms with Crippen molar-refractivity contribution in [2.45, 2.75) is 47.5 Å². The highest BCUT2D eigenvalue weighted by atomic mass is 127. The maximum absolute atomic E-state index is 14.6. The van der Waals surface area contributed by atoms with Crippen molar-refractivity contribution in [3.63, 3.8) is 0 Å². The lowest BCUT2D eigenvalue weighted by Crippen LogP contribution is -2.55. The molecule has 2 atom stereocenters. The maximum atomic E-state index is 14.6. The van der Waals surface area contributed by atoms with Crippen LogP contribution in [0, 0.1) is 23.0 Å². The van der Waals surface area contributed by atoms with Crippen molar-refractivity contribution >= 4 is 75.0 Å². The summed E-state index contributed by atoms with van der Waals surface area (Å²) in [5.74, 6) is -4.17. The highest BCUT2D eigenvalue weighted by Crippen LogP contribution is 2.43. The molecular formula is C29H21Cl2F3IN5O3. The van der Waals surface area contributed by atoms with Gasteiger partial charge in [-0.2, -0.15) is 5.26 Å². The van der Waals surface area contributed by atoms with Gasteiger partial charge in [0.05, 0.1) is 17.3 Å². The van der Waals surface area contributed by atoms with Crippen molar-refractivity contribution in [2.24, 2.45) is 0 Å². The van der Waals surface area contributed by atoms with Crippen molar-refractivity contribution in [3.05, 3.63) is 87.5 Å². The fourth-order valence-electron chi connectivity index (χ4n) is 5.23. The first-order chi connectivity index (χ1) is 20.4. The summed E-state index contributed by atoms with van der Waals surface area (Å²) in [6, 6.07) is 7.79. The van der Waals surface area contributed by atoms with Crippen molar-refractivity contribution < 1.29 is 27.6 Å². The molecule has 1 aliphatic heterocycles. The van der Waals surface area contributed by atoms with Crippen LogP contribution in [0.2, 0.25) is 10.0 Å². The van der Waals surface area contributed by atoms with Crippen molar-refractivity contribution in [2.75, 3.05) is 9.80 Å². The Labute approximate surface area is 267 Å². The third-order valence-corrected chi connectivity index (χ3v) is 8.62. The zero-order chi connectivity index (χ0) is 31.1. The van der Waals surface area contributed by atoms with Crippen LogP contribution in [0.5, 0.6) is 0 Å². The molecule has 0 radical (unpaired) electrons. The van der Waals surface area contributed by atoms with E-state index in [1.54, 1.807) is 22.6 Å². The predicted octanol–water partition coefficient (Wildman–Crippen LogP) is 6.19. The summed E-state index contributed by atoms with van der Waals surface area (Å²) in [5, 5.41) is 12.3. The number of alkyl halides is 2. The van der Waals surface area contributed by atoms with Gasteiger partial charge in [-0.25, -0.2) is 18.2 Å². The van der Waals surface area contributed by atoms with E-state index in [0.29, 0.717) is 6.07 Å². The van der Waals surface area contributed by atoms with Crippen molar-refractivity contribution in [3.8, 4) is 6.07 Å². The average Bonchev–Trinajstić information content (AvgIpc) is 3.31. The Morgan fingerprint density at radius 3 is 2.47 bits per heavy atom. The fraction of sp³-hybridized carbons (Fsp3) is 0.276. The first-order valence-electron chi connectivity index (χ1n) is 13.0. The molecule has 1 aliphatic carbocycles. The largest absolute Gasteiger partial charge is 0.351 e. The number of nitrogens with zero attached hydrogens (tertiary/aromatic N) is 4.